The first-order valence-corrected chi connectivity index (χ1v) is 13.8. The van der Waals surface area contributed by atoms with E-state index in [4.69, 9.17) is 9.47 Å². The molecule has 2 aliphatic heterocycles. The van der Waals surface area contributed by atoms with E-state index in [1.807, 2.05) is 55.5 Å². The summed E-state index contributed by atoms with van der Waals surface area (Å²) < 4.78 is 39.0. The summed E-state index contributed by atoms with van der Waals surface area (Å²) in [6.45, 7) is 3.70. The minimum absolute atomic E-state index is 0.0511. The van der Waals surface area contributed by atoms with Crippen molar-refractivity contribution >= 4 is 17.8 Å². The molecule has 2 heterocycles. The van der Waals surface area contributed by atoms with Gasteiger partial charge in [-0.1, -0.05) is 30.3 Å². The van der Waals surface area contributed by atoms with E-state index in [1.165, 1.54) is 12.1 Å². The zero-order chi connectivity index (χ0) is 29.0. The maximum absolute atomic E-state index is 14.5. The largest absolute Gasteiger partial charge is 0.493 e. The van der Waals surface area contributed by atoms with Crippen LogP contribution in [0, 0.1) is 11.6 Å². The van der Waals surface area contributed by atoms with Crippen molar-refractivity contribution in [2.75, 3.05) is 39.2 Å². The van der Waals surface area contributed by atoms with E-state index >= 15 is 0 Å². The highest BCUT2D eigenvalue weighted by molar-refractivity contribution is 5.79. The van der Waals surface area contributed by atoms with Crippen LogP contribution in [0.25, 0.3) is 6.08 Å². The number of carbonyl (C=O) groups excluding carboxylic acids is 1. The highest BCUT2D eigenvalue weighted by Gasteiger charge is 2.30. The van der Waals surface area contributed by atoms with E-state index in [9.17, 15) is 13.6 Å². The number of carbonyl (C=O) groups is 1. The Hall–Kier alpha value is -4.11. The summed E-state index contributed by atoms with van der Waals surface area (Å²) in [5, 5.41) is 9.38. The third-order valence-electron chi connectivity index (χ3n) is 7.82. The molecule has 9 heteroatoms. The van der Waals surface area contributed by atoms with Gasteiger partial charge in [-0.3, -0.25) is 4.90 Å². The molecule has 7 nitrogen and oxygen atoms in total. The lowest BCUT2D eigenvalue weighted by atomic mass is 9.88. The summed E-state index contributed by atoms with van der Waals surface area (Å²) in [4.78, 5) is 15.2. The van der Waals surface area contributed by atoms with Crippen molar-refractivity contribution in [1.82, 2.24) is 15.5 Å². The average Bonchev–Trinajstić information content (AvgIpc) is 2.96. The van der Waals surface area contributed by atoms with Gasteiger partial charge in [0.2, 0.25) is 0 Å². The van der Waals surface area contributed by atoms with E-state index in [0.717, 1.165) is 41.4 Å². The Bertz CT molecular complexity index is 1450. The van der Waals surface area contributed by atoms with Crippen molar-refractivity contribution < 1.29 is 23.0 Å². The second-order valence-corrected chi connectivity index (χ2v) is 10.6. The van der Waals surface area contributed by atoms with Gasteiger partial charge in [0.1, 0.15) is 17.3 Å². The average molecular weight is 563 g/mol. The molecule has 5 rings (SSSR count). The first kappa shape index (κ1) is 28.4. The second kappa shape index (κ2) is 12.2. The molecule has 2 atom stereocenters. The van der Waals surface area contributed by atoms with Crippen LogP contribution in [0.4, 0.5) is 19.3 Å². The molecule has 0 fully saturated rings. The Morgan fingerprint density at radius 1 is 1.10 bits per heavy atom. The Morgan fingerprint density at radius 2 is 1.88 bits per heavy atom. The van der Waals surface area contributed by atoms with Crippen LogP contribution >= 0.6 is 0 Å². The Balaban J connectivity index is 1.26. The number of nitrogens with one attached hydrogen (secondary N) is 3. The molecule has 0 aromatic heterocycles. The number of hydrogen-bond acceptors (Lipinski definition) is 5. The number of benzene rings is 3. The number of anilines is 1. The van der Waals surface area contributed by atoms with Gasteiger partial charge in [-0.15, -0.1) is 0 Å². The van der Waals surface area contributed by atoms with Crippen molar-refractivity contribution in [3.63, 3.8) is 0 Å². The molecule has 3 aromatic rings. The van der Waals surface area contributed by atoms with E-state index in [2.05, 4.69) is 20.9 Å². The first-order valence-electron chi connectivity index (χ1n) is 13.8. The number of hydrogen-bond donors (Lipinski definition) is 3. The number of amides is 2. The van der Waals surface area contributed by atoms with E-state index in [-0.39, 0.29) is 12.1 Å². The SMILES string of the molecule is COc1cc2c(cc1OC)C(CCc1ccc(F)cc1F)N(CCNC(=O)NC1(C)C=Cc3ccccc3N1)CC2. The Labute approximate surface area is 239 Å². The smallest absolute Gasteiger partial charge is 0.316 e. The fraction of sp³-hybridized carbons (Fsp3) is 0.344. The van der Waals surface area contributed by atoms with Crippen molar-refractivity contribution in [2.24, 2.45) is 0 Å². The van der Waals surface area contributed by atoms with Crippen LogP contribution in [-0.2, 0) is 12.8 Å². The molecular formula is C32H36F2N4O3. The van der Waals surface area contributed by atoms with Crippen LogP contribution in [0.15, 0.2) is 60.7 Å². The van der Waals surface area contributed by atoms with Crippen molar-refractivity contribution in [1.29, 1.82) is 0 Å². The molecule has 0 saturated carbocycles. The number of rotatable bonds is 9. The predicted octanol–water partition coefficient (Wildman–Crippen LogP) is 5.67. The molecule has 2 aliphatic rings. The highest BCUT2D eigenvalue weighted by Crippen LogP contribution is 2.40. The van der Waals surface area contributed by atoms with Gasteiger partial charge < -0.3 is 25.4 Å². The fourth-order valence-corrected chi connectivity index (χ4v) is 5.70. The van der Waals surface area contributed by atoms with Gasteiger partial charge in [0, 0.05) is 37.4 Å². The number of ether oxygens (including phenoxy) is 2. The molecule has 0 aliphatic carbocycles. The molecule has 0 radical (unpaired) electrons. The standard InChI is InChI=1S/C32H36F2N4O3/c1-32(14-12-22-6-4-5-7-27(22)36-32)37-31(39)35-15-17-38-16-13-23-18-29(40-2)30(41-3)20-25(23)28(38)11-9-21-8-10-24(33)19-26(21)34/h4-8,10,12,14,18-20,28,36H,9,11,13,15-17H2,1-3H3,(H2,35,37,39). The molecule has 216 valence electrons. The predicted molar refractivity (Wildman–Crippen MR) is 156 cm³/mol. The minimum Gasteiger partial charge on any atom is -0.493 e. The summed E-state index contributed by atoms with van der Waals surface area (Å²) in [5.74, 6) is 0.169. The molecule has 3 aromatic carbocycles. The van der Waals surface area contributed by atoms with Crippen molar-refractivity contribution in [2.45, 2.75) is 37.9 Å². The lowest BCUT2D eigenvalue weighted by molar-refractivity contribution is 0.174. The molecule has 2 unspecified atom stereocenters. The lowest BCUT2D eigenvalue weighted by Crippen LogP contribution is -2.55. The van der Waals surface area contributed by atoms with Gasteiger partial charge in [0.25, 0.3) is 0 Å². The molecule has 0 saturated heterocycles. The summed E-state index contributed by atoms with van der Waals surface area (Å²) >= 11 is 0. The van der Waals surface area contributed by atoms with E-state index in [0.29, 0.717) is 43.0 Å². The number of methoxy groups -OCH3 is 2. The number of nitrogens with zero attached hydrogens (tertiary/aromatic N) is 1. The third kappa shape index (κ3) is 6.46. The molecule has 2 amide bonds. The Kier molecular flexibility index (Phi) is 8.44. The van der Waals surface area contributed by atoms with Crippen molar-refractivity contribution in [3.05, 3.63) is 94.6 Å². The van der Waals surface area contributed by atoms with Crippen LogP contribution in [0.5, 0.6) is 11.5 Å². The maximum atomic E-state index is 14.5. The third-order valence-corrected chi connectivity index (χ3v) is 7.82. The van der Waals surface area contributed by atoms with Gasteiger partial charge in [-0.2, -0.15) is 0 Å². The summed E-state index contributed by atoms with van der Waals surface area (Å²) in [7, 11) is 3.22. The van der Waals surface area contributed by atoms with Crippen LogP contribution in [0.2, 0.25) is 0 Å². The van der Waals surface area contributed by atoms with Gasteiger partial charge in [0.05, 0.1) is 14.2 Å². The monoisotopic (exact) mass is 562 g/mol. The molecule has 41 heavy (non-hydrogen) atoms. The van der Waals surface area contributed by atoms with Gasteiger partial charge in [-0.05, 0) is 78.8 Å². The van der Waals surface area contributed by atoms with Gasteiger partial charge >= 0.3 is 6.03 Å². The quantitative estimate of drug-likeness (QED) is 0.314. The zero-order valence-corrected chi connectivity index (χ0v) is 23.6. The first-order chi connectivity index (χ1) is 19.8. The topological polar surface area (TPSA) is 74.9 Å². The maximum Gasteiger partial charge on any atom is 0.316 e. The molecule has 0 bridgehead atoms. The molecule has 3 N–H and O–H groups in total. The lowest BCUT2D eigenvalue weighted by Gasteiger charge is -2.38. The van der Waals surface area contributed by atoms with Gasteiger partial charge in [0.15, 0.2) is 11.5 Å². The normalized spacial score (nSPS) is 19.5. The van der Waals surface area contributed by atoms with Crippen LogP contribution in [0.3, 0.4) is 0 Å². The van der Waals surface area contributed by atoms with Crippen LogP contribution < -0.4 is 25.4 Å². The van der Waals surface area contributed by atoms with Crippen LogP contribution in [0.1, 0.15) is 41.6 Å². The highest BCUT2D eigenvalue weighted by atomic mass is 19.1. The number of para-hydroxylation sites is 1. The summed E-state index contributed by atoms with van der Waals surface area (Å²) in [6.07, 6.45) is 5.78. The van der Waals surface area contributed by atoms with Crippen molar-refractivity contribution in [3.8, 4) is 11.5 Å². The summed E-state index contributed by atoms with van der Waals surface area (Å²) in [6, 6.07) is 15.3. The molecule has 0 spiro atoms. The minimum atomic E-state index is -0.722. The van der Waals surface area contributed by atoms with E-state index < -0.39 is 17.3 Å². The Morgan fingerprint density at radius 3 is 2.66 bits per heavy atom. The molecular weight excluding hydrogens is 526 g/mol. The number of halogens is 2. The van der Waals surface area contributed by atoms with E-state index in [1.54, 1.807) is 14.2 Å². The summed E-state index contributed by atoms with van der Waals surface area (Å²) in [5.41, 5.74) is 4.01. The second-order valence-electron chi connectivity index (χ2n) is 10.6. The number of aryl methyl sites for hydroxylation is 1. The number of urea groups is 1. The fourth-order valence-electron chi connectivity index (χ4n) is 5.70. The van der Waals surface area contributed by atoms with Crippen LogP contribution in [-0.4, -0.2) is 50.4 Å². The number of fused-ring (bicyclic) bond motifs is 2. The zero-order valence-electron chi connectivity index (χ0n) is 23.6. The van der Waals surface area contributed by atoms with Gasteiger partial charge in [-0.25, -0.2) is 13.6 Å².